The molecule has 8 nitrogen and oxygen atoms in total. The van der Waals surface area contributed by atoms with Crippen LogP contribution in [-0.4, -0.2) is 53.4 Å². The van der Waals surface area contributed by atoms with Crippen molar-refractivity contribution in [2.24, 2.45) is 5.92 Å². The predicted octanol–water partition coefficient (Wildman–Crippen LogP) is 5.57. The van der Waals surface area contributed by atoms with Gasteiger partial charge in [-0.1, -0.05) is 29.3 Å². The number of piperidine rings is 1. The number of aliphatic carboxylic acids is 1. The normalized spacial score (nSPS) is 15.1. The standard InChI is InChI=1S/C24H25Cl2FN4O4S2/c25-17-3-4-18(16(11-17)2-1-7-31-8-5-15(6-9-31)10-23(32)33)19-12-21(27)22(13-20(19)26)37(34,35)30-24-28-14-29-36-24/h3-4,11-15H,1-2,5-10H2,(H,32,33)(H,28,29,30). The van der Waals surface area contributed by atoms with Gasteiger partial charge in [0.25, 0.3) is 10.0 Å². The summed E-state index contributed by atoms with van der Waals surface area (Å²) in [4.78, 5) is 16.4. The summed E-state index contributed by atoms with van der Waals surface area (Å²) in [5.74, 6) is -1.46. The smallest absolute Gasteiger partial charge is 0.303 e. The molecule has 0 amide bonds. The Morgan fingerprint density at radius 1 is 1.19 bits per heavy atom. The molecule has 0 radical (unpaired) electrons. The summed E-state index contributed by atoms with van der Waals surface area (Å²) in [6.07, 6.45) is 4.62. The summed E-state index contributed by atoms with van der Waals surface area (Å²) >= 11 is 13.6. The lowest BCUT2D eigenvalue weighted by molar-refractivity contribution is -0.138. The van der Waals surface area contributed by atoms with Gasteiger partial charge < -0.3 is 10.0 Å². The van der Waals surface area contributed by atoms with E-state index in [1.54, 1.807) is 12.1 Å². The lowest BCUT2D eigenvalue weighted by atomic mass is 9.93. The summed E-state index contributed by atoms with van der Waals surface area (Å²) in [6.45, 7) is 2.55. The maximum Gasteiger partial charge on any atom is 0.303 e. The number of nitrogens with one attached hydrogen (secondary N) is 1. The first-order valence-electron chi connectivity index (χ1n) is 11.6. The van der Waals surface area contributed by atoms with Crippen LogP contribution in [0.25, 0.3) is 11.1 Å². The Morgan fingerprint density at radius 2 is 1.95 bits per heavy atom. The van der Waals surface area contributed by atoms with E-state index in [1.807, 2.05) is 6.07 Å². The maximum atomic E-state index is 15.1. The van der Waals surface area contributed by atoms with E-state index in [0.29, 0.717) is 22.6 Å². The number of hydrogen-bond acceptors (Lipinski definition) is 7. The molecular formula is C24H25Cl2FN4O4S2. The van der Waals surface area contributed by atoms with E-state index in [4.69, 9.17) is 28.3 Å². The van der Waals surface area contributed by atoms with Gasteiger partial charge in [0.05, 0.1) is 0 Å². The van der Waals surface area contributed by atoms with E-state index < -0.39 is 26.7 Å². The second-order valence-corrected chi connectivity index (χ2v) is 12.2. The zero-order valence-electron chi connectivity index (χ0n) is 19.7. The molecule has 0 bridgehead atoms. The lowest BCUT2D eigenvalue weighted by Gasteiger charge is -2.31. The van der Waals surface area contributed by atoms with Crippen molar-refractivity contribution >= 4 is 55.9 Å². The highest BCUT2D eigenvalue weighted by molar-refractivity contribution is 7.93. The molecule has 1 aliphatic rings. The van der Waals surface area contributed by atoms with Crippen LogP contribution in [0.1, 0.15) is 31.2 Å². The van der Waals surface area contributed by atoms with Crippen molar-refractivity contribution in [3.63, 3.8) is 0 Å². The minimum atomic E-state index is -4.25. The van der Waals surface area contributed by atoms with Gasteiger partial charge in [-0.05, 0) is 86.6 Å². The van der Waals surface area contributed by atoms with Gasteiger partial charge in [0.1, 0.15) is 17.0 Å². The molecule has 0 saturated carbocycles. The molecule has 0 unspecified atom stereocenters. The number of sulfonamides is 1. The maximum absolute atomic E-state index is 15.1. The second kappa shape index (κ2) is 12.0. The molecule has 0 spiro atoms. The number of carbonyl (C=O) groups is 1. The average Bonchev–Trinajstić information content (AvgIpc) is 3.34. The number of rotatable bonds is 10. The third-order valence-electron chi connectivity index (χ3n) is 6.34. The van der Waals surface area contributed by atoms with Gasteiger partial charge in [0, 0.05) is 33.6 Å². The van der Waals surface area contributed by atoms with Crippen LogP contribution < -0.4 is 4.72 Å². The highest BCUT2D eigenvalue weighted by atomic mass is 35.5. The van der Waals surface area contributed by atoms with E-state index >= 15 is 4.39 Å². The zero-order valence-corrected chi connectivity index (χ0v) is 22.8. The third kappa shape index (κ3) is 7.17. The van der Waals surface area contributed by atoms with Gasteiger partial charge in [0.15, 0.2) is 0 Å². The Balaban J connectivity index is 1.48. The fourth-order valence-electron chi connectivity index (χ4n) is 4.52. The zero-order chi connectivity index (χ0) is 26.6. The third-order valence-corrected chi connectivity index (χ3v) is 8.95. The van der Waals surface area contributed by atoms with Crippen LogP contribution in [0.5, 0.6) is 0 Å². The van der Waals surface area contributed by atoms with Gasteiger partial charge in [0.2, 0.25) is 5.13 Å². The van der Waals surface area contributed by atoms with Crippen molar-refractivity contribution in [2.45, 2.75) is 37.0 Å². The Bertz CT molecular complexity index is 1370. The molecule has 1 aliphatic heterocycles. The number of nitrogens with zero attached hydrogens (tertiary/aromatic N) is 3. The van der Waals surface area contributed by atoms with Crippen LogP contribution in [0, 0.1) is 11.7 Å². The number of aryl methyl sites for hydroxylation is 1. The van der Waals surface area contributed by atoms with Crippen LogP contribution in [0.3, 0.4) is 0 Å². The largest absolute Gasteiger partial charge is 0.481 e. The number of anilines is 1. The molecule has 0 atom stereocenters. The molecule has 1 fully saturated rings. The number of likely N-dealkylation sites (tertiary alicyclic amines) is 1. The van der Waals surface area contributed by atoms with Gasteiger partial charge >= 0.3 is 5.97 Å². The molecule has 198 valence electrons. The van der Waals surface area contributed by atoms with E-state index in [9.17, 15) is 13.2 Å². The number of hydrogen-bond donors (Lipinski definition) is 2. The van der Waals surface area contributed by atoms with Gasteiger partial charge in [-0.15, -0.1) is 0 Å². The number of carboxylic acid groups (broad SMARTS) is 1. The molecule has 13 heteroatoms. The molecule has 2 aromatic carbocycles. The molecule has 1 saturated heterocycles. The van der Waals surface area contributed by atoms with Gasteiger partial charge in [-0.25, -0.2) is 17.8 Å². The Morgan fingerprint density at radius 3 is 2.62 bits per heavy atom. The average molecular weight is 588 g/mol. The minimum Gasteiger partial charge on any atom is -0.481 e. The number of carboxylic acids is 1. The molecule has 2 N–H and O–H groups in total. The van der Waals surface area contributed by atoms with Crippen molar-refractivity contribution in [2.75, 3.05) is 24.4 Å². The van der Waals surface area contributed by atoms with Crippen molar-refractivity contribution in [3.05, 3.63) is 58.1 Å². The van der Waals surface area contributed by atoms with Gasteiger partial charge in [-0.3, -0.25) is 9.52 Å². The molecule has 37 heavy (non-hydrogen) atoms. The van der Waals surface area contributed by atoms with Gasteiger partial charge in [-0.2, -0.15) is 4.37 Å². The highest BCUT2D eigenvalue weighted by Gasteiger charge is 2.24. The SMILES string of the molecule is O=C(O)CC1CCN(CCCc2cc(Cl)ccc2-c2cc(F)c(S(=O)(=O)Nc3ncns3)cc2Cl)CC1. The Kier molecular flexibility index (Phi) is 9.02. The quantitative estimate of drug-likeness (QED) is 0.319. The second-order valence-electron chi connectivity index (χ2n) is 8.90. The van der Waals surface area contributed by atoms with E-state index in [-0.39, 0.29) is 22.5 Å². The van der Waals surface area contributed by atoms with Crippen molar-refractivity contribution in [1.82, 2.24) is 14.3 Å². The molecule has 3 aromatic rings. The molecule has 4 rings (SSSR count). The number of aromatic nitrogens is 2. The minimum absolute atomic E-state index is 0.0192. The molecular weight excluding hydrogens is 562 g/mol. The fourth-order valence-corrected chi connectivity index (χ4v) is 6.79. The number of halogens is 3. The first kappa shape index (κ1) is 27.7. The van der Waals surface area contributed by atoms with Crippen molar-refractivity contribution in [3.8, 4) is 11.1 Å². The predicted molar refractivity (Wildman–Crippen MR) is 142 cm³/mol. The van der Waals surface area contributed by atoms with E-state index in [0.717, 1.165) is 68.1 Å². The first-order valence-corrected chi connectivity index (χ1v) is 14.6. The molecule has 2 heterocycles. The monoisotopic (exact) mass is 586 g/mol. The van der Waals surface area contributed by atoms with Crippen LogP contribution in [0.2, 0.25) is 10.0 Å². The van der Waals surface area contributed by atoms with Crippen molar-refractivity contribution in [1.29, 1.82) is 0 Å². The lowest BCUT2D eigenvalue weighted by Crippen LogP contribution is -2.35. The molecule has 1 aromatic heterocycles. The highest BCUT2D eigenvalue weighted by Crippen LogP contribution is 2.36. The van der Waals surface area contributed by atoms with Crippen LogP contribution in [-0.2, 0) is 21.2 Å². The summed E-state index contributed by atoms with van der Waals surface area (Å²) < 4.78 is 46.4. The Hall–Kier alpha value is -2.31. The van der Waals surface area contributed by atoms with E-state index in [1.165, 1.54) is 6.33 Å². The summed E-state index contributed by atoms with van der Waals surface area (Å²) in [5, 5.41) is 9.63. The van der Waals surface area contributed by atoms with Crippen LogP contribution >= 0.6 is 34.7 Å². The van der Waals surface area contributed by atoms with Crippen LogP contribution in [0.15, 0.2) is 41.6 Å². The Labute approximate surface area is 228 Å². The first-order chi connectivity index (χ1) is 17.6. The van der Waals surface area contributed by atoms with Crippen molar-refractivity contribution < 1.29 is 22.7 Å². The fraction of sp³-hybridized carbons (Fsp3) is 0.375. The van der Waals surface area contributed by atoms with Crippen LogP contribution in [0.4, 0.5) is 9.52 Å². The topological polar surface area (TPSA) is 112 Å². The van der Waals surface area contributed by atoms with E-state index in [2.05, 4.69) is 19.0 Å². The summed E-state index contributed by atoms with van der Waals surface area (Å²) in [5.41, 5.74) is 1.92. The number of benzene rings is 2. The summed E-state index contributed by atoms with van der Waals surface area (Å²) in [7, 11) is -4.25. The summed E-state index contributed by atoms with van der Waals surface area (Å²) in [6, 6.07) is 7.46. The molecule has 0 aliphatic carbocycles.